The minimum atomic E-state index is -4.41. The summed E-state index contributed by atoms with van der Waals surface area (Å²) >= 11 is 5.98. The van der Waals surface area contributed by atoms with Gasteiger partial charge in [-0.15, -0.1) is 0 Å². The van der Waals surface area contributed by atoms with Crippen molar-refractivity contribution in [3.8, 4) is 11.1 Å². The summed E-state index contributed by atoms with van der Waals surface area (Å²) < 4.78 is 39.5. The molecule has 0 saturated heterocycles. The van der Waals surface area contributed by atoms with Crippen LogP contribution in [-0.2, 0) is 12.6 Å². The van der Waals surface area contributed by atoms with Crippen LogP contribution in [0.1, 0.15) is 54.9 Å². The topological polar surface area (TPSA) is 0 Å². The number of halogens is 4. The second-order valence-corrected chi connectivity index (χ2v) is 8.30. The van der Waals surface area contributed by atoms with Crippen LogP contribution in [0.3, 0.4) is 0 Å². The smallest absolute Gasteiger partial charge is 0.166 e. The quantitative estimate of drug-likeness (QED) is 0.391. The fourth-order valence-corrected chi connectivity index (χ4v) is 3.74. The van der Waals surface area contributed by atoms with E-state index in [0.29, 0.717) is 17.9 Å². The molecule has 3 rings (SSSR count). The minimum absolute atomic E-state index is 0.0964. The van der Waals surface area contributed by atoms with Gasteiger partial charge in [-0.3, -0.25) is 0 Å². The molecule has 0 bridgehead atoms. The molecule has 29 heavy (non-hydrogen) atoms. The summed E-state index contributed by atoms with van der Waals surface area (Å²) in [5, 5.41) is 0.114. The molecule has 3 aromatic rings. The first-order valence-corrected chi connectivity index (χ1v) is 10.1. The van der Waals surface area contributed by atoms with E-state index in [1.54, 1.807) is 6.07 Å². The maximum atomic E-state index is 13.2. The van der Waals surface area contributed by atoms with Crippen LogP contribution in [-0.4, -0.2) is 0 Å². The van der Waals surface area contributed by atoms with Crippen LogP contribution in [0.5, 0.6) is 0 Å². The normalized spacial score (nSPS) is 13.0. The minimum Gasteiger partial charge on any atom is -0.166 e. The summed E-state index contributed by atoms with van der Waals surface area (Å²) in [6, 6.07) is 20.4. The zero-order valence-electron chi connectivity index (χ0n) is 16.7. The number of hydrogen-bond donors (Lipinski definition) is 0. The summed E-state index contributed by atoms with van der Waals surface area (Å²) in [5.74, 6) is 0.261. The van der Waals surface area contributed by atoms with Crippen molar-refractivity contribution in [2.24, 2.45) is 0 Å². The van der Waals surface area contributed by atoms with Gasteiger partial charge in [-0.1, -0.05) is 80.9 Å². The zero-order valence-corrected chi connectivity index (χ0v) is 17.5. The van der Waals surface area contributed by atoms with Crippen molar-refractivity contribution < 1.29 is 13.2 Å². The molecule has 0 nitrogen and oxygen atoms in total. The lowest BCUT2D eigenvalue weighted by Crippen LogP contribution is -2.07. The van der Waals surface area contributed by atoms with Gasteiger partial charge < -0.3 is 0 Å². The molecule has 0 saturated carbocycles. The first kappa shape index (κ1) is 21.4. The largest absolute Gasteiger partial charge is 0.416 e. The Balaban J connectivity index is 1.95. The molecule has 3 aromatic carbocycles. The van der Waals surface area contributed by atoms with E-state index < -0.39 is 11.7 Å². The van der Waals surface area contributed by atoms with Crippen LogP contribution in [0.15, 0.2) is 66.7 Å². The standard InChI is InChI=1S/C25H24ClF3/c1-16(2)20-10-18(11-22(12-20)19-7-5-4-6-8-19)9-17(3)21-13-23(25(27,28)29)15-24(26)14-21/h4-8,10-17H,9H2,1-3H3. The highest BCUT2D eigenvalue weighted by Gasteiger charge is 2.31. The van der Waals surface area contributed by atoms with Crippen LogP contribution < -0.4 is 0 Å². The molecule has 0 spiro atoms. The lowest BCUT2D eigenvalue weighted by Gasteiger charge is -2.18. The van der Waals surface area contributed by atoms with Gasteiger partial charge in [-0.2, -0.15) is 13.2 Å². The van der Waals surface area contributed by atoms with Crippen LogP contribution in [0.25, 0.3) is 11.1 Å². The molecule has 4 heteroatoms. The van der Waals surface area contributed by atoms with Crippen molar-refractivity contribution in [3.05, 3.63) is 94.0 Å². The highest BCUT2D eigenvalue weighted by molar-refractivity contribution is 6.30. The average Bonchev–Trinajstić information content (AvgIpc) is 2.67. The Morgan fingerprint density at radius 2 is 1.48 bits per heavy atom. The van der Waals surface area contributed by atoms with Crippen molar-refractivity contribution in [2.75, 3.05) is 0 Å². The maximum absolute atomic E-state index is 13.2. The number of benzene rings is 3. The lowest BCUT2D eigenvalue weighted by molar-refractivity contribution is -0.137. The van der Waals surface area contributed by atoms with Crippen LogP contribution in [0.2, 0.25) is 5.02 Å². The molecule has 0 heterocycles. The molecule has 0 aliphatic rings. The molecule has 0 aliphatic carbocycles. The number of rotatable bonds is 5. The highest BCUT2D eigenvalue weighted by atomic mass is 35.5. The van der Waals surface area contributed by atoms with Crippen LogP contribution >= 0.6 is 11.6 Å². The summed E-state index contributed by atoms with van der Waals surface area (Å²) in [6.45, 7) is 6.23. The third-order valence-corrected chi connectivity index (χ3v) is 5.37. The predicted octanol–water partition coefficient (Wildman–Crippen LogP) is 8.50. The van der Waals surface area contributed by atoms with Crippen LogP contribution in [0, 0.1) is 0 Å². The monoisotopic (exact) mass is 416 g/mol. The zero-order chi connectivity index (χ0) is 21.2. The van der Waals surface area contributed by atoms with E-state index >= 15 is 0 Å². The number of hydrogen-bond acceptors (Lipinski definition) is 0. The Morgan fingerprint density at radius 1 is 0.793 bits per heavy atom. The summed E-state index contributed by atoms with van der Waals surface area (Å²) in [4.78, 5) is 0. The predicted molar refractivity (Wildman–Crippen MR) is 115 cm³/mol. The molecule has 1 atom stereocenters. The molecule has 0 aliphatic heterocycles. The van der Waals surface area contributed by atoms with E-state index in [1.165, 1.54) is 11.6 Å². The molecule has 0 radical (unpaired) electrons. The van der Waals surface area contributed by atoms with E-state index in [9.17, 15) is 13.2 Å². The van der Waals surface area contributed by atoms with E-state index in [2.05, 4.69) is 44.2 Å². The van der Waals surface area contributed by atoms with Gasteiger partial charge >= 0.3 is 6.18 Å². The first-order chi connectivity index (χ1) is 13.6. The van der Waals surface area contributed by atoms with Crippen LogP contribution in [0.4, 0.5) is 13.2 Å². The third kappa shape index (κ3) is 5.42. The Hall–Kier alpha value is -2.26. The Kier molecular flexibility index (Phi) is 6.38. The summed E-state index contributed by atoms with van der Waals surface area (Å²) in [5.41, 5.74) is 4.48. The molecule has 0 aromatic heterocycles. The molecular weight excluding hydrogens is 393 g/mol. The van der Waals surface area contributed by atoms with Crippen molar-refractivity contribution >= 4 is 11.6 Å². The first-order valence-electron chi connectivity index (χ1n) is 9.70. The summed E-state index contributed by atoms with van der Waals surface area (Å²) in [7, 11) is 0. The van der Waals surface area contributed by atoms with Gasteiger partial charge in [0, 0.05) is 5.02 Å². The molecule has 0 N–H and O–H groups in total. The molecule has 0 fully saturated rings. The molecule has 0 amide bonds. The molecular formula is C25H24ClF3. The Bertz CT molecular complexity index is 975. The van der Waals surface area contributed by atoms with Gasteiger partial charge in [-0.25, -0.2) is 0 Å². The van der Waals surface area contributed by atoms with E-state index in [4.69, 9.17) is 11.6 Å². The second kappa shape index (κ2) is 8.62. The Labute approximate surface area is 175 Å². The SMILES string of the molecule is CC(C)c1cc(CC(C)c2cc(Cl)cc(C(F)(F)F)c2)cc(-c2ccccc2)c1. The highest BCUT2D eigenvalue weighted by Crippen LogP contribution is 2.35. The van der Waals surface area contributed by atoms with E-state index in [0.717, 1.165) is 22.8 Å². The van der Waals surface area contributed by atoms with E-state index in [-0.39, 0.29) is 10.9 Å². The fraction of sp³-hybridized carbons (Fsp3) is 0.280. The fourth-order valence-electron chi connectivity index (χ4n) is 3.50. The average molecular weight is 417 g/mol. The van der Waals surface area contributed by atoms with Crippen molar-refractivity contribution in [1.29, 1.82) is 0 Å². The third-order valence-electron chi connectivity index (χ3n) is 5.15. The Morgan fingerprint density at radius 3 is 2.10 bits per heavy atom. The van der Waals surface area contributed by atoms with Gasteiger partial charge in [-0.05, 0) is 64.3 Å². The number of alkyl halides is 3. The molecule has 152 valence electrons. The van der Waals surface area contributed by atoms with Gasteiger partial charge in [0.1, 0.15) is 0 Å². The van der Waals surface area contributed by atoms with Gasteiger partial charge in [0.15, 0.2) is 0 Å². The van der Waals surface area contributed by atoms with Gasteiger partial charge in [0.25, 0.3) is 0 Å². The van der Waals surface area contributed by atoms with Crippen molar-refractivity contribution in [1.82, 2.24) is 0 Å². The molecule has 1 unspecified atom stereocenters. The second-order valence-electron chi connectivity index (χ2n) is 7.86. The van der Waals surface area contributed by atoms with Crippen molar-refractivity contribution in [2.45, 2.75) is 45.2 Å². The summed E-state index contributed by atoms with van der Waals surface area (Å²) in [6.07, 6.45) is -3.77. The lowest BCUT2D eigenvalue weighted by atomic mass is 9.88. The van der Waals surface area contributed by atoms with Crippen molar-refractivity contribution in [3.63, 3.8) is 0 Å². The van der Waals surface area contributed by atoms with Gasteiger partial charge in [0.05, 0.1) is 5.56 Å². The van der Waals surface area contributed by atoms with E-state index in [1.807, 2.05) is 25.1 Å². The van der Waals surface area contributed by atoms with Gasteiger partial charge in [0.2, 0.25) is 0 Å². The maximum Gasteiger partial charge on any atom is 0.416 e.